The van der Waals surface area contributed by atoms with E-state index in [4.69, 9.17) is 9.47 Å². The highest BCUT2D eigenvalue weighted by Gasteiger charge is 2.21. The molecular weight excluding hydrogens is 384 g/mol. The van der Waals surface area contributed by atoms with Crippen molar-refractivity contribution in [1.29, 1.82) is 0 Å². The second kappa shape index (κ2) is 9.88. The number of nitrogens with one attached hydrogen (secondary N) is 1. The summed E-state index contributed by atoms with van der Waals surface area (Å²) in [6.45, 7) is 6.75. The molecule has 1 aromatic heterocycles. The van der Waals surface area contributed by atoms with Crippen LogP contribution in [0.3, 0.4) is 0 Å². The van der Waals surface area contributed by atoms with Gasteiger partial charge in [-0.15, -0.1) is 5.10 Å². The molecule has 0 unspecified atom stereocenters. The number of rotatable bonds is 8. The molecule has 1 fully saturated rings. The van der Waals surface area contributed by atoms with Gasteiger partial charge in [-0.1, -0.05) is 19.1 Å². The molecule has 3 heterocycles. The largest absolute Gasteiger partial charge is 0.486 e. The van der Waals surface area contributed by atoms with E-state index in [0.717, 1.165) is 42.9 Å². The maximum absolute atomic E-state index is 12.2. The van der Waals surface area contributed by atoms with Gasteiger partial charge in [0.25, 0.3) is 0 Å². The molecule has 2 aliphatic rings. The van der Waals surface area contributed by atoms with Crippen LogP contribution >= 0.6 is 0 Å². The first-order chi connectivity index (χ1) is 14.7. The van der Waals surface area contributed by atoms with Crippen molar-refractivity contribution in [2.45, 2.75) is 51.8 Å². The van der Waals surface area contributed by atoms with Crippen LogP contribution in [0.25, 0.3) is 0 Å². The Hall–Kier alpha value is -2.68. The van der Waals surface area contributed by atoms with E-state index in [1.807, 2.05) is 28.9 Å². The number of nitrogens with zero attached hydrogens (tertiary/aromatic N) is 5. The van der Waals surface area contributed by atoms with E-state index in [1.54, 1.807) is 0 Å². The molecule has 9 heteroatoms. The molecule has 9 nitrogen and oxygen atoms in total. The fourth-order valence-electron chi connectivity index (χ4n) is 3.80. The van der Waals surface area contributed by atoms with Crippen LogP contribution in [0.15, 0.2) is 24.3 Å². The summed E-state index contributed by atoms with van der Waals surface area (Å²) in [4.78, 5) is 14.6. The lowest BCUT2D eigenvalue weighted by Crippen LogP contribution is -2.40. The van der Waals surface area contributed by atoms with Crippen LogP contribution < -0.4 is 14.8 Å². The lowest BCUT2D eigenvalue weighted by atomic mass is 9.99. The third-order valence-electron chi connectivity index (χ3n) is 5.72. The highest BCUT2D eigenvalue weighted by molar-refractivity contribution is 5.75. The Morgan fingerprint density at radius 2 is 2.03 bits per heavy atom. The molecule has 1 aromatic carbocycles. The minimum atomic E-state index is -0.178. The van der Waals surface area contributed by atoms with Crippen molar-refractivity contribution in [2.24, 2.45) is 5.92 Å². The predicted molar refractivity (Wildman–Crippen MR) is 110 cm³/mol. The molecule has 1 N–H and O–H groups in total. The Balaban J connectivity index is 1.16. The molecule has 0 bridgehead atoms. The van der Waals surface area contributed by atoms with E-state index >= 15 is 0 Å². The molecule has 2 aliphatic heterocycles. The lowest BCUT2D eigenvalue weighted by molar-refractivity contribution is -0.121. The third-order valence-corrected chi connectivity index (χ3v) is 5.72. The molecule has 162 valence electrons. The van der Waals surface area contributed by atoms with Gasteiger partial charge in [0.2, 0.25) is 5.91 Å². The van der Waals surface area contributed by atoms with Gasteiger partial charge in [0.1, 0.15) is 12.7 Å². The summed E-state index contributed by atoms with van der Waals surface area (Å²) < 4.78 is 13.4. The molecular formula is C21H30N6O3. The lowest BCUT2D eigenvalue weighted by Gasteiger charge is -2.29. The van der Waals surface area contributed by atoms with Crippen molar-refractivity contribution < 1.29 is 14.3 Å². The smallest absolute Gasteiger partial charge is 0.220 e. The van der Waals surface area contributed by atoms with Crippen molar-refractivity contribution in [3.8, 4) is 11.5 Å². The van der Waals surface area contributed by atoms with Gasteiger partial charge in [-0.3, -0.25) is 9.69 Å². The van der Waals surface area contributed by atoms with Crippen LogP contribution in [0.1, 0.15) is 38.4 Å². The van der Waals surface area contributed by atoms with E-state index in [1.165, 1.54) is 12.8 Å². The molecule has 0 saturated carbocycles. The minimum Gasteiger partial charge on any atom is -0.486 e. The monoisotopic (exact) mass is 414 g/mol. The number of piperidine rings is 1. The van der Waals surface area contributed by atoms with Crippen LogP contribution in [0, 0.1) is 5.92 Å². The molecule has 1 atom stereocenters. The standard InChI is InChI=1S/C21H30N6O3/c1-16-8-11-26(12-9-16)14-20-23-24-25-27(20)10-4-7-21(28)22-13-17-15-29-18-5-2-3-6-19(18)30-17/h2-3,5-6,16-17H,4,7-15H2,1H3,(H,22,28)/t17-/m1/s1. The zero-order valence-corrected chi connectivity index (χ0v) is 17.5. The first kappa shape index (κ1) is 20.6. The Morgan fingerprint density at radius 3 is 2.87 bits per heavy atom. The Labute approximate surface area is 176 Å². The quantitative estimate of drug-likeness (QED) is 0.702. The van der Waals surface area contributed by atoms with Gasteiger partial charge < -0.3 is 14.8 Å². The number of benzene rings is 1. The summed E-state index contributed by atoms with van der Waals surface area (Å²) in [6, 6.07) is 7.57. The topological polar surface area (TPSA) is 94.4 Å². The summed E-state index contributed by atoms with van der Waals surface area (Å²) in [5.74, 6) is 3.14. The normalized spacial score (nSPS) is 19.6. The summed E-state index contributed by atoms with van der Waals surface area (Å²) in [5.41, 5.74) is 0. The van der Waals surface area contributed by atoms with E-state index in [0.29, 0.717) is 32.5 Å². The zero-order chi connectivity index (χ0) is 20.8. The molecule has 0 aliphatic carbocycles. The van der Waals surface area contributed by atoms with Crippen LogP contribution in [0.4, 0.5) is 0 Å². The number of hydrogen-bond acceptors (Lipinski definition) is 7. The number of aromatic nitrogens is 4. The number of fused-ring (bicyclic) bond motifs is 1. The van der Waals surface area contributed by atoms with Crippen molar-refractivity contribution in [1.82, 2.24) is 30.4 Å². The second-order valence-corrected chi connectivity index (χ2v) is 8.18. The summed E-state index contributed by atoms with van der Waals surface area (Å²) >= 11 is 0. The SMILES string of the molecule is CC1CCN(Cc2nnnn2CCCC(=O)NC[C@@H]2COc3ccccc3O2)CC1. The zero-order valence-electron chi connectivity index (χ0n) is 17.5. The van der Waals surface area contributed by atoms with Gasteiger partial charge in [0, 0.05) is 13.0 Å². The molecule has 2 aromatic rings. The maximum atomic E-state index is 12.2. The van der Waals surface area contributed by atoms with Crippen molar-refractivity contribution in [3.63, 3.8) is 0 Å². The Kier molecular flexibility index (Phi) is 6.78. The highest BCUT2D eigenvalue weighted by atomic mass is 16.6. The number of likely N-dealkylation sites (tertiary alicyclic amines) is 1. The summed E-state index contributed by atoms with van der Waals surface area (Å²) in [6.07, 6.45) is 3.38. The number of para-hydroxylation sites is 2. The average Bonchev–Trinajstić information content (AvgIpc) is 3.20. The number of ether oxygens (including phenoxy) is 2. The Morgan fingerprint density at radius 1 is 1.23 bits per heavy atom. The second-order valence-electron chi connectivity index (χ2n) is 8.18. The van der Waals surface area contributed by atoms with Crippen LogP contribution in [-0.2, 0) is 17.9 Å². The number of amides is 1. The van der Waals surface area contributed by atoms with Gasteiger partial charge in [0.15, 0.2) is 17.3 Å². The van der Waals surface area contributed by atoms with E-state index < -0.39 is 0 Å². The predicted octanol–water partition coefficient (Wildman–Crippen LogP) is 1.64. The van der Waals surface area contributed by atoms with E-state index in [9.17, 15) is 4.79 Å². The highest BCUT2D eigenvalue weighted by Crippen LogP contribution is 2.30. The van der Waals surface area contributed by atoms with E-state index in [2.05, 4.69) is 32.7 Å². The van der Waals surface area contributed by atoms with Crippen molar-refractivity contribution >= 4 is 5.91 Å². The van der Waals surface area contributed by atoms with Crippen LogP contribution in [0.2, 0.25) is 0 Å². The number of hydrogen-bond donors (Lipinski definition) is 1. The fourth-order valence-corrected chi connectivity index (χ4v) is 3.80. The molecule has 0 spiro atoms. The van der Waals surface area contributed by atoms with Gasteiger partial charge in [-0.25, -0.2) is 4.68 Å². The number of carbonyl (C=O) groups is 1. The summed E-state index contributed by atoms with van der Waals surface area (Å²) in [7, 11) is 0. The van der Waals surface area contributed by atoms with Crippen LogP contribution in [0.5, 0.6) is 11.5 Å². The molecule has 30 heavy (non-hydrogen) atoms. The van der Waals surface area contributed by atoms with Gasteiger partial charge in [0.05, 0.1) is 13.1 Å². The minimum absolute atomic E-state index is 0.00268. The molecule has 1 saturated heterocycles. The average molecular weight is 415 g/mol. The van der Waals surface area contributed by atoms with Crippen molar-refractivity contribution in [2.75, 3.05) is 26.2 Å². The fraction of sp³-hybridized carbons (Fsp3) is 0.619. The third kappa shape index (κ3) is 5.47. The van der Waals surface area contributed by atoms with Crippen molar-refractivity contribution in [3.05, 3.63) is 30.1 Å². The van der Waals surface area contributed by atoms with E-state index in [-0.39, 0.29) is 12.0 Å². The molecule has 1 amide bonds. The van der Waals surface area contributed by atoms with Gasteiger partial charge in [-0.2, -0.15) is 0 Å². The first-order valence-corrected chi connectivity index (χ1v) is 10.8. The summed E-state index contributed by atoms with van der Waals surface area (Å²) in [5, 5.41) is 15.0. The maximum Gasteiger partial charge on any atom is 0.220 e. The van der Waals surface area contributed by atoms with Gasteiger partial charge in [-0.05, 0) is 60.8 Å². The molecule has 4 rings (SSSR count). The Bertz CT molecular complexity index is 834. The first-order valence-electron chi connectivity index (χ1n) is 10.8. The van der Waals surface area contributed by atoms with Gasteiger partial charge >= 0.3 is 0 Å². The molecule has 0 radical (unpaired) electrons. The number of tetrazole rings is 1. The number of aryl methyl sites for hydroxylation is 1. The number of carbonyl (C=O) groups excluding carboxylic acids is 1. The van der Waals surface area contributed by atoms with Crippen LogP contribution in [-0.4, -0.2) is 63.4 Å².